The highest BCUT2D eigenvalue weighted by atomic mass is 79.9. The lowest BCUT2D eigenvalue weighted by atomic mass is 9.96. The number of fused-ring (bicyclic) bond motifs is 1. The molecule has 0 amide bonds. The summed E-state index contributed by atoms with van der Waals surface area (Å²) in [7, 11) is 0. The van der Waals surface area contributed by atoms with E-state index in [0.717, 1.165) is 6.08 Å². The average molecular weight is 445 g/mol. The number of benzene rings is 2. The molecule has 0 saturated heterocycles. The Balaban J connectivity index is 2.18. The molecule has 1 aliphatic rings. The van der Waals surface area contributed by atoms with Gasteiger partial charge in [0.2, 0.25) is 6.10 Å². The molecule has 0 radical (unpaired) electrons. The summed E-state index contributed by atoms with van der Waals surface area (Å²) >= 11 is 3.30. The van der Waals surface area contributed by atoms with E-state index in [1.54, 1.807) is 6.07 Å². The van der Waals surface area contributed by atoms with Crippen molar-refractivity contribution in [2.24, 2.45) is 0 Å². The molecule has 0 N–H and O–H groups in total. The normalized spacial score (nSPS) is 16.2. The molecule has 142 valence electrons. The van der Waals surface area contributed by atoms with Crippen molar-refractivity contribution in [1.82, 2.24) is 0 Å². The van der Waals surface area contributed by atoms with E-state index >= 15 is 0 Å². The molecule has 3 rings (SSSR count). The zero-order valence-corrected chi connectivity index (χ0v) is 15.5. The standard InChI is InChI=1S/C19H13BrF4O3/c1-2-26-18(25)15-8-11-7-12(20)9-14(10-3-5-13(21)6-4-10)16(11)27-17(15)19(22,23)24/h3-9,17H,2H2,1H3. The summed E-state index contributed by atoms with van der Waals surface area (Å²) in [6.45, 7) is 1.44. The van der Waals surface area contributed by atoms with E-state index in [2.05, 4.69) is 15.9 Å². The van der Waals surface area contributed by atoms with E-state index in [-0.39, 0.29) is 17.9 Å². The highest BCUT2D eigenvalue weighted by Crippen LogP contribution is 2.44. The van der Waals surface area contributed by atoms with Crippen LogP contribution in [0.3, 0.4) is 0 Å². The Morgan fingerprint density at radius 3 is 2.48 bits per heavy atom. The van der Waals surface area contributed by atoms with E-state index in [9.17, 15) is 22.4 Å². The van der Waals surface area contributed by atoms with Crippen molar-refractivity contribution in [3.63, 3.8) is 0 Å². The third-order valence-electron chi connectivity index (χ3n) is 3.88. The van der Waals surface area contributed by atoms with Crippen molar-refractivity contribution in [3.8, 4) is 16.9 Å². The van der Waals surface area contributed by atoms with Gasteiger partial charge < -0.3 is 9.47 Å². The SMILES string of the molecule is CCOC(=O)C1=Cc2cc(Br)cc(-c3ccc(F)cc3)c2OC1C(F)(F)F. The molecule has 2 aromatic rings. The number of hydrogen-bond acceptors (Lipinski definition) is 3. The smallest absolute Gasteiger partial charge is 0.430 e. The first-order valence-corrected chi connectivity index (χ1v) is 8.71. The molecule has 1 unspecified atom stereocenters. The summed E-state index contributed by atoms with van der Waals surface area (Å²) in [5.74, 6) is -1.60. The molecule has 0 saturated carbocycles. The third kappa shape index (κ3) is 4.00. The van der Waals surface area contributed by atoms with Gasteiger partial charge in [0, 0.05) is 15.6 Å². The minimum Gasteiger partial charge on any atom is -0.475 e. The first kappa shape index (κ1) is 19.4. The second-order valence-corrected chi connectivity index (χ2v) is 6.65. The maximum absolute atomic E-state index is 13.5. The summed E-state index contributed by atoms with van der Waals surface area (Å²) in [5, 5.41) is 0. The number of carbonyl (C=O) groups excluding carboxylic acids is 1. The van der Waals surface area contributed by atoms with Gasteiger partial charge in [0.1, 0.15) is 11.6 Å². The monoisotopic (exact) mass is 444 g/mol. The summed E-state index contributed by atoms with van der Waals surface area (Å²) < 4.78 is 64.3. The third-order valence-corrected chi connectivity index (χ3v) is 4.33. The maximum Gasteiger partial charge on any atom is 0.430 e. The maximum atomic E-state index is 13.5. The van der Waals surface area contributed by atoms with Gasteiger partial charge in [-0.05, 0) is 42.8 Å². The number of alkyl halides is 3. The number of halogens is 5. The minimum atomic E-state index is -4.82. The van der Waals surface area contributed by atoms with Crippen LogP contribution in [0.1, 0.15) is 12.5 Å². The molecule has 1 heterocycles. The van der Waals surface area contributed by atoms with Crippen LogP contribution in [-0.2, 0) is 9.53 Å². The number of ether oxygens (including phenoxy) is 2. The van der Waals surface area contributed by atoms with Gasteiger partial charge in [-0.3, -0.25) is 0 Å². The molecule has 1 atom stereocenters. The second-order valence-electron chi connectivity index (χ2n) is 5.74. The lowest BCUT2D eigenvalue weighted by Crippen LogP contribution is -2.41. The van der Waals surface area contributed by atoms with Gasteiger partial charge in [0.15, 0.2) is 0 Å². The average Bonchev–Trinajstić information content (AvgIpc) is 2.60. The van der Waals surface area contributed by atoms with E-state index in [4.69, 9.17) is 9.47 Å². The minimum absolute atomic E-state index is 0.0415. The first-order chi connectivity index (χ1) is 12.7. The summed E-state index contributed by atoms with van der Waals surface area (Å²) in [6, 6.07) is 8.39. The van der Waals surface area contributed by atoms with Gasteiger partial charge in [-0.1, -0.05) is 28.1 Å². The van der Waals surface area contributed by atoms with Crippen LogP contribution in [-0.4, -0.2) is 24.9 Å². The Hall–Kier alpha value is -2.35. The van der Waals surface area contributed by atoms with Crippen molar-refractivity contribution in [2.75, 3.05) is 6.61 Å². The van der Waals surface area contributed by atoms with Gasteiger partial charge in [0.05, 0.1) is 12.2 Å². The summed E-state index contributed by atoms with van der Waals surface area (Å²) in [6.07, 6.45) is -6.15. The number of rotatable bonds is 3. The zero-order chi connectivity index (χ0) is 19.8. The number of hydrogen-bond donors (Lipinski definition) is 0. The van der Waals surface area contributed by atoms with Crippen LogP contribution in [0.15, 0.2) is 46.4 Å². The van der Waals surface area contributed by atoms with Crippen LogP contribution >= 0.6 is 15.9 Å². The quantitative estimate of drug-likeness (QED) is 0.461. The second kappa shape index (κ2) is 7.34. The van der Waals surface area contributed by atoms with E-state index < -0.39 is 29.6 Å². The molecule has 8 heteroatoms. The number of carbonyl (C=O) groups is 1. The molecule has 3 nitrogen and oxygen atoms in total. The van der Waals surface area contributed by atoms with Crippen LogP contribution in [0.2, 0.25) is 0 Å². The Morgan fingerprint density at radius 1 is 1.22 bits per heavy atom. The van der Waals surface area contributed by atoms with Gasteiger partial charge in [-0.15, -0.1) is 0 Å². The largest absolute Gasteiger partial charge is 0.475 e. The molecular weight excluding hydrogens is 432 g/mol. The van der Waals surface area contributed by atoms with Crippen LogP contribution in [0.25, 0.3) is 17.2 Å². The van der Waals surface area contributed by atoms with Gasteiger partial charge in [-0.25, -0.2) is 9.18 Å². The van der Waals surface area contributed by atoms with Crippen LogP contribution < -0.4 is 4.74 Å². The van der Waals surface area contributed by atoms with Crippen LogP contribution in [0.4, 0.5) is 17.6 Å². The highest BCUT2D eigenvalue weighted by molar-refractivity contribution is 9.10. The van der Waals surface area contributed by atoms with Crippen molar-refractivity contribution in [2.45, 2.75) is 19.2 Å². The molecule has 0 aromatic heterocycles. The lowest BCUT2D eigenvalue weighted by Gasteiger charge is -2.29. The predicted octanol–water partition coefficient (Wildman–Crippen LogP) is 5.53. The molecule has 2 aromatic carbocycles. The highest BCUT2D eigenvalue weighted by Gasteiger charge is 2.49. The first-order valence-electron chi connectivity index (χ1n) is 7.92. The van der Waals surface area contributed by atoms with Crippen LogP contribution in [0.5, 0.6) is 5.75 Å². The molecule has 1 aliphatic heterocycles. The Bertz CT molecular complexity index is 904. The molecule has 0 aliphatic carbocycles. The van der Waals surface area contributed by atoms with Gasteiger partial charge >= 0.3 is 12.1 Å². The van der Waals surface area contributed by atoms with Crippen molar-refractivity contribution >= 4 is 28.0 Å². The fraction of sp³-hybridized carbons (Fsp3) is 0.211. The summed E-state index contributed by atoms with van der Waals surface area (Å²) in [4.78, 5) is 12.0. The molecule has 0 bridgehead atoms. The topological polar surface area (TPSA) is 35.5 Å². The van der Waals surface area contributed by atoms with E-state index in [0.29, 0.717) is 15.6 Å². The van der Waals surface area contributed by atoms with Crippen LogP contribution in [0, 0.1) is 5.82 Å². The van der Waals surface area contributed by atoms with Gasteiger partial charge in [-0.2, -0.15) is 13.2 Å². The van der Waals surface area contributed by atoms with Crippen molar-refractivity contribution < 1.29 is 31.8 Å². The zero-order valence-electron chi connectivity index (χ0n) is 13.9. The predicted molar refractivity (Wildman–Crippen MR) is 94.6 cm³/mol. The lowest BCUT2D eigenvalue weighted by molar-refractivity contribution is -0.187. The molecule has 0 fully saturated rings. The van der Waals surface area contributed by atoms with Crippen molar-refractivity contribution in [3.05, 3.63) is 57.8 Å². The van der Waals surface area contributed by atoms with Gasteiger partial charge in [0.25, 0.3) is 0 Å². The van der Waals surface area contributed by atoms with E-state index in [1.807, 2.05) is 0 Å². The van der Waals surface area contributed by atoms with Crippen molar-refractivity contribution in [1.29, 1.82) is 0 Å². The Labute approximate surface area is 160 Å². The fourth-order valence-electron chi connectivity index (χ4n) is 2.75. The molecular formula is C19H13BrF4O3. The molecule has 0 spiro atoms. The molecule has 27 heavy (non-hydrogen) atoms. The fourth-order valence-corrected chi connectivity index (χ4v) is 3.22. The van der Waals surface area contributed by atoms with E-state index in [1.165, 1.54) is 37.3 Å². The summed E-state index contributed by atoms with van der Waals surface area (Å²) in [5.41, 5.74) is 0.475. The number of esters is 1. The Morgan fingerprint density at radius 2 is 1.89 bits per heavy atom. The Kier molecular flexibility index (Phi) is 5.28.